The Morgan fingerprint density at radius 3 is 2.00 bits per heavy atom. The molecule has 1 aliphatic carbocycles. The van der Waals surface area contributed by atoms with Gasteiger partial charge in [0.25, 0.3) is 0 Å². The zero-order valence-electron chi connectivity index (χ0n) is 15.3. The van der Waals surface area contributed by atoms with Crippen LogP contribution < -0.4 is 5.73 Å². The van der Waals surface area contributed by atoms with Gasteiger partial charge in [0.15, 0.2) is 0 Å². The SMILES string of the molecule is CC(C)(C)[C@@H](O)CN1CCN(C(=O)C2CCC(C(N)=O)CC2)CC1. The van der Waals surface area contributed by atoms with Crippen LogP contribution in [0.15, 0.2) is 0 Å². The van der Waals surface area contributed by atoms with E-state index >= 15 is 0 Å². The average Bonchev–Trinajstić information content (AvgIpc) is 2.54. The number of amides is 2. The predicted octanol–water partition coefficient (Wildman–Crippen LogP) is 0.829. The first-order valence-electron chi connectivity index (χ1n) is 9.17. The van der Waals surface area contributed by atoms with Gasteiger partial charge in [-0.25, -0.2) is 0 Å². The molecule has 24 heavy (non-hydrogen) atoms. The van der Waals surface area contributed by atoms with Crippen molar-refractivity contribution < 1.29 is 14.7 Å². The molecule has 1 aliphatic heterocycles. The quantitative estimate of drug-likeness (QED) is 0.794. The lowest BCUT2D eigenvalue weighted by Crippen LogP contribution is -2.53. The molecule has 0 unspecified atom stereocenters. The van der Waals surface area contributed by atoms with E-state index in [-0.39, 0.29) is 35.2 Å². The number of primary amides is 1. The number of aliphatic hydroxyl groups is 1. The highest BCUT2D eigenvalue weighted by molar-refractivity contribution is 5.80. The molecule has 138 valence electrons. The first kappa shape index (κ1) is 19.2. The molecule has 6 nitrogen and oxygen atoms in total. The number of β-amino-alcohol motifs (C(OH)–C–C–N with tert-alkyl or cyclic N) is 1. The standard InChI is InChI=1S/C18H33N3O3/c1-18(2,3)15(22)12-20-8-10-21(11-9-20)17(24)14-6-4-13(5-7-14)16(19)23/h13-15,22H,4-12H2,1-3H3,(H2,19,23)/t13?,14?,15-/m0/s1. The van der Waals surface area contributed by atoms with Crippen LogP contribution in [0.4, 0.5) is 0 Å². The van der Waals surface area contributed by atoms with Crippen molar-refractivity contribution in [1.29, 1.82) is 0 Å². The van der Waals surface area contributed by atoms with Crippen LogP contribution in [0.5, 0.6) is 0 Å². The number of rotatable bonds is 4. The molecule has 2 amide bonds. The average molecular weight is 339 g/mol. The van der Waals surface area contributed by atoms with Crippen molar-refractivity contribution in [2.75, 3.05) is 32.7 Å². The highest BCUT2D eigenvalue weighted by atomic mass is 16.3. The van der Waals surface area contributed by atoms with Crippen molar-refractivity contribution in [3.05, 3.63) is 0 Å². The molecule has 0 aromatic rings. The number of nitrogens with zero attached hydrogens (tertiary/aromatic N) is 2. The topological polar surface area (TPSA) is 86.9 Å². The second-order valence-corrected chi connectivity index (χ2v) is 8.46. The van der Waals surface area contributed by atoms with Gasteiger partial charge in [-0.05, 0) is 31.1 Å². The molecule has 0 aromatic carbocycles. The highest BCUT2D eigenvalue weighted by Gasteiger charge is 2.33. The van der Waals surface area contributed by atoms with E-state index in [4.69, 9.17) is 5.73 Å². The van der Waals surface area contributed by atoms with E-state index in [2.05, 4.69) is 4.90 Å². The number of nitrogens with two attached hydrogens (primary N) is 1. The fraction of sp³-hybridized carbons (Fsp3) is 0.889. The van der Waals surface area contributed by atoms with Crippen LogP contribution in [-0.4, -0.2) is 65.5 Å². The number of hydrogen-bond donors (Lipinski definition) is 2. The van der Waals surface area contributed by atoms with Crippen LogP contribution >= 0.6 is 0 Å². The molecule has 6 heteroatoms. The van der Waals surface area contributed by atoms with Crippen molar-refractivity contribution >= 4 is 11.8 Å². The number of hydrogen-bond acceptors (Lipinski definition) is 4. The minimum Gasteiger partial charge on any atom is -0.391 e. The maximum atomic E-state index is 12.7. The van der Waals surface area contributed by atoms with Gasteiger partial charge < -0.3 is 15.7 Å². The smallest absolute Gasteiger partial charge is 0.225 e. The lowest BCUT2D eigenvalue weighted by Gasteiger charge is -2.39. The van der Waals surface area contributed by atoms with E-state index in [9.17, 15) is 14.7 Å². The van der Waals surface area contributed by atoms with Gasteiger partial charge in [-0.15, -0.1) is 0 Å². The van der Waals surface area contributed by atoms with Gasteiger partial charge >= 0.3 is 0 Å². The van der Waals surface area contributed by atoms with Crippen molar-refractivity contribution in [3.63, 3.8) is 0 Å². The summed E-state index contributed by atoms with van der Waals surface area (Å²) >= 11 is 0. The maximum absolute atomic E-state index is 12.7. The van der Waals surface area contributed by atoms with E-state index in [1.54, 1.807) is 0 Å². The molecule has 0 aromatic heterocycles. The first-order valence-corrected chi connectivity index (χ1v) is 9.17. The van der Waals surface area contributed by atoms with Crippen molar-refractivity contribution in [3.8, 4) is 0 Å². The molecule has 2 fully saturated rings. The summed E-state index contributed by atoms with van der Waals surface area (Å²) in [5.74, 6) is -0.00189. The lowest BCUT2D eigenvalue weighted by atomic mass is 9.81. The van der Waals surface area contributed by atoms with Crippen molar-refractivity contribution in [1.82, 2.24) is 9.80 Å². The Bertz CT molecular complexity index is 445. The van der Waals surface area contributed by atoms with E-state index in [0.29, 0.717) is 6.54 Å². The third-order valence-corrected chi connectivity index (χ3v) is 5.59. The van der Waals surface area contributed by atoms with Gasteiger partial charge in [-0.3, -0.25) is 14.5 Å². The molecule has 2 rings (SSSR count). The molecule has 0 spiro atoms. The summed E-state index contributed by atoms with van der Waals surface area (Å²) in [6, 6.07) is 0. The highest BCUT2D eigenvalue weighted by Crippen LogP contribution is 2.30. The summed E-state index contributed by atoms with van der Waals surface area (Å²) in [5, 5.41) is 10.2. The van der Waals surface area contributed by atoms with Crippen LogP contribution in [0.25, 0.3) is 0 Å². The zero-order chi connectivity index (χ0) is 17.9. The zero-order valence-corrected chi connectivity index (χ0v) is 15.3. The summed E-state index contributed by atoms with van der Waals surface area (Å²) in [5.41, 5.74) is 5.24. The normalized spacial score (nSPS) is 27.8. The summed E-state index contributed by atoms with van der Waals surface area (Å²) < 4.78 is 0. The maximum Gasteiger partial charge on any atom is 0.225 e. The van der Waals surface area contributed by atoms with E-state index < -0.39 is 0 Å². The van der Waals surface area contributed by atoms with Gasteiger partial charge in [0.05, 0.1) is 6.10 Å². The van der Waals surface area contributed by atoms with E-state index in [0.717, 1.165) is 51.9 Å². The molecule has 1 saturated carbocycles. The molecular weight excluding hydrogens is 306 g/mol. The van der Waals surface area contributed by atoms with Crippen molar-refractivity contribution in [2.24, 2.45) is 23.0 Å². The molecule has 0 radical (unpaired) electrons. The summed E-state index contributed by atoms with van der Waals surface area (Å²) in [4.78, 5) is 28.1. The van der Waals surface area contributed by atoms with Crippen LogP contribution in [-0.2, 0) is 9.59 Å². The molecule has 1 heterocycles. The Hall–Kier alpha value is -1.14. The first-order chi connectivity index (χ1) is 11.2. The van der Waals surface area contributed by atoms with Gasteiger partial charge in [-0.1, -0.05) is 20.8 Å². The third-order valence-electron chi connectivity index (χ3n) is 5.59. The van der Waals surface area contributed by atoms with Crippen LogP contribution in [0.1, 0.15) is 46.5 Å². The van der Waals surface area contributed by atoms with E-state index in [1.165, 1.54) is 0 Å². The molecule has 1 atom stereocenters. The predicted molar refractivity (Wildman–Crippen MR) is 93.1 cm³/mol. The number of aliphatic hydroxyl groups excluding tert-OH is 1. The van der Waals surface area contributed by atoms with Gasteiger partial charge in [0, 0.05) is 44.6 Å². The minimum atomic E-state index is -0.358. The molecule has 3 N–H and O–H groups in total. The fourth-order valence-electron chi connectivity index (χ4n) is 3.55. The Morgan fingerprint density at radius 2 is 1.54 bits per heavy atom. The summed E-state index contributed by atoms with van der Waals surface area (Å²) in [7, 11) is 0. The fourth-order valence-corrected chi connectivity index (χ4v) is 3.55. The van der Waals surface area contributed by atoms with E-state index in [1.807, 2.05) is 25.7 Å². The molecule has 0 bridgehead atoms. The van der Waals surface area contributed by atoms with Gasteiger partial charge in [0.2, 0.25) is 11.8 Å². The molecule has 1 saturated heterocycles. The summed E-state index contributed by atoms with van der Waals surface area (Å²) in [6.07, 6.45) is 2.67. The van der Waals surface area contributed by atoms with Gasteiger partial charge in [-0.2, -0.15) is 0 Å². The van der Waals surface area contributed by atoms with Crippen LogP contribution in [0.3, 0.4) is 0 Å². The van der Waals surface area contributed by atoms with Gasteiger partial charge in [0.1, 0.15) is 0 Å². The largest absolute Gasteiger partial charge is 0.391 e. The second kappa shape index (κ2) is 7.83. The van der Waals surface area contributed by atoms with Crippen LogP contribution in [0, 0.1) is 17.3 Å². The Balaban J connectivity index is 1.76. The number of carbonyl (C=O) groups excluding carboxylic acids is 2. The Kier molecular flexibility index (Phi) is 6.26. The number of carbonyl (C=O) groups is 2. The molecule has 2 aliphatic rings. The lowest BCUT2D eigenvalue weighted by molar-refractivity contribution is -0.140. The minimum absolute atomic E-state index is 0.0484. The monoisotopic (exact) mass is 339 g/mol. The summed E-state index contributed by atoms with van der Waals surface area (Å²) in [6.45, 7) is 9.87. The Morgan fingerprint density at radius 1 is 1.04 bits per heavy atom. The second-order valence-electron chi connectivity index (χ2n) is 8.46. The van der Waals surface area contributed by atoms with Crippen LogP contribution in [0.2, 0.25) is 0 Å². The Labute approximate surface area is 145 Å². The number of piperazine rings is 1. The molecular formula is C18H33N3O3. The van der Waals surface area contributed by atoms with Crippen molar-refractivity contribution in [2.45, 2.75) is 52.6 Å². The third kappa shape index (κ3) is 4.93.